The maximum absolute atomic E-state index is 13.3. The van der Waals surface area contributed by atoms with Gasteiger partial charge in [0.25, 0.3) is 5.91 Å². The van der Waals surface area contributed by atoms with Crippen LogP contribution >= 0.6 is 15.9 Å². The molecule has 0 radical (unpaired) electrons. The highest BCUT2D eigenvalue weighted by Gasteiger charge is 2.50. The maximum atomic E-state index is 13.3. The molecule has 0 spiro atoms. The standard InChI is InChI=1S/C24H30BrN3O4/c1-16(2)27-28-23(30)24(15-18-5-9-20(25)10-6-18)17(3)32-22(26-24)19-7-11-21(12-8-19)31-14-4-13-29/h5-12,16-17,27,29H,4,13-15H2,1-3H3,(H,28,30)/t17-,24-/m0/s1. The number of hydrogen-bond donors (Lipinski definition) is 3. The number of benzene rings is 2. The van der Waals surface area contributed by atoms with Crippen LogP contribution in [0, 0.1) is 0 Å². The van der Waals surface area contributed by atoms with Crippen LogP contribution in [0.3, 0.4) is 0 Å². The molecule has 0 bridgehead atoms. The highest BCUT2D eigenvalue weighted by Crippen LogP contribution is 2.33. The monoisotopic (exact) mass is 503 g/mol. The van der Waals surface area contributed by atoms with Crippen LogP contribution in [-0.4, -0.2) is 47.8 Å². The van der Waals surface area contributed by atoms with E-state index in [0.717, 1.165) is 15.6 Å². The van der Waals surface area contributed by atoms with Crippen molar-refractivity contribution in [3.05, 3.63) is 64.1 Å². The van der Waals surface area contributed by atoms with Gasteiger partial charge in [-0.15, -0.1) is 0 Å². The molecule has 2 aromatic carbocycles. The predicted octanol–water partition coefficient (Wildman–Crippen LogP) is 3.39. The van der Waals surface area contributed by atoms with E-state index in [1.165, 1.54) is 0 Å². The number of aliphatic hydroxyl groups is 1. The quantitative estimate of drug-likeness (QED) is 0.341. The van der Waals surface area contributed by atoms with Crippen LogP contribution < -0.4 is 15.6 Å². The molecular formula is C24H30BrN3O4. The third-order valence-electron chi connectivity index (χ3n) is 5.19. The van der Waals surface area contributed by atoms with Gasteiger partial charge in [0.15, 0.2) is 5.54 Å². The van der Waals surface area contributed by atoms with E-state index in [4.69, 9.17) is 19.6 Å². The fraction of sp³-hybridized carbons (Fsp3) is 0.417. The Hall–Kier alpha value is -2.42. The van der Waals surface area contributed by atoms with Crippen LogP contribution in [0.4, 0.5) is 0 Å². The van der Waals surface area contributed by atoms with E-state index in [2.05, 4.69) is 26.8 Å². The Bertz CT molecular complexity index is 931. The number of aliphatic imine (C=N–C) groups is 1. The maximum Gasteiger partial charge on any atom is 0.266 e. The van der Waals surface area contributed by atoms with Gasteiger partial charge in [-0.05, 0) is 62.7 Å². The summed E-state index contributed by atoms with van der Waals surface area (Å²) in [4.78, 5) is 18.1. The number of nitrogens with one attached hydrogen (secondary N) is 2. The van der Waals surface area contributed by atoms with Crippen molar-refractivity contribution in [2.24, 2.45) is 4.99 Å². The van der Waals surface area contributed by atoms with Gasteiger partial charge in [0.05, 0.1) is 6.61 Å². The fourth-order valence-corrected chi connectivity index (χ4v) is 3.64. The number of halogens is 1. The van der Waals surface area contributed by atoms with Crippen LogP contribution in [-0.2, 0) is 16.0 Å². The summed E-state index contributed by atoms with van der Waals surface area (Å²) in [5, 5.41) is 8.89. The van der Waals surface area contributed by atoms with Gasteiger partial charge < -0.3 is 14.6 Å². The van der Waals surface area contributed by atoms with Crippen LogP contribution in [0.15, 0.2) is 58.0 Å². The van der Waals surface area contributed by atoms with E-state index in [-0.39, 0.29) is 18.6 Å². The Kier molecular flexibility index (Phi) is 8.28. The zero-order chi connectivity index (χ0) is 23.1. The van der Waals surface area contributed by atoms with Gasteiger partial charge >= 0.3 is 0 Å². The lowest BCUT2D eigenvalue weighted by Gasteiger charge is -2.28. The van der Waals surface area contributed by atoms with Crippen LogP contribution in [0.25, 0.3) is 0 Å². The van der Waals surface area contributed by atoms with E-state index >= 15 is 0 Å². The van der Waals surface area contributed by atoms with E-state index in [1.54, 1.807) is 0 Å². The molecule has 0 unspecified atom stereocenters. The average Bonchev–Trinajstić information content (AvgIpc) is 3.11. The number of hydrogen-bond acceptors (Lipinski definition) is 6. The number of rotatable bonds is 10. The summed E-state index contributed by atoms with van der Waals surface area (Å²) >= 11 is 3.45. The molecular weight excluding hydrogens is 474 g/mol. The molecule has 172 valence electrons. The van der Waals surface area contributed by atoms with Gasteiger partial charge in [-0.1, -0.05) is 28.1 Å². The third-order valence-corrected chi connectivity index (χ3v) is 5.72. The molecule has 0 aliphatic carbocycles. The molecule has 0 fully saturated rings. The first kappa shape index (κ1) is 24.2. The normalized spacial score (nSPS) is 20.1. The molecule has 1 aliphatic rings. The molecule has 32 heavy (non-hydrogen) atoms. The third kappa shape index (κ3) is 5.88. The minimum absolute atomic E-state index is 0.0862. The lowest BCUT2D eigenvalue weighted by Crippen LogP contribution is -2.57. The van der Waals surface area contributed by atoms with Gasteiger partial charge in [0.1, 0.15) is 11.9 Å². The molecule has 7 nitrogen and oxygen atoms in total. The van der Waals surface area contributed by atoms with E-state index in [1.807, 2.05) is 69.3 Å². The summed E-state index contributed by atoms with van der Waals surface area (Å²) in [6, 6.07) is 15.3. The lowest BCUT2D eigenvalue weighted by atomic mass is 9.86. The highest BCUT2D eigenvalue weighted by atomic mass is 79.9. The van der Waals surface area contributed by atoms with Crippen LogP contribution in [0.1, 0.15) is 38.3 Å². The zero-order valence-electron chi connectivity index (χ0n) is 18.6. The zero-order valence-corrected chi connectivity index (χ0v) is 20.2. The lowest BCUT2D eigenvalue weighted by molar-refractivity contribution is -0.129. The predicted molar refractivity (Wildman–Crippen MR) is 128 cm³/mol. The topological polar surface area (TPSA) is 92.2 Å². The average molecular weight is 504 g/mol. The Labute approximate surface area is 197 Å². The van der Waals surface area contributed by atoms with Gasteiger partial charge in [-0.2, -0.15) is 0 Å². The smallest absolute Gasteiger partial charge is 0.266 e. The second-order valence-corrected chi connectivity index (χ2v) is 9.02. The van der Waals surface area contributed by atoms with Gasteiger partial charge in [0, 0.05) is 35.5 Å². The Morgan fingerprint density at radius 1 is 1.22 bits per heavy atom. The summed E-state index contributed by atoms with van der Waals surface area (Å²) in [5.74, 6) is 0.894. The number of carbonyl (C=O) groups is 1. The van der Waals surface area contributed by atoms with Crippen molar-refractivity contribution >= 4 is 27.7 Å². The summed E-state index contributed by atoms with van der Waals surface area (Å²) in [6.07, 6.45) is 0.516. The summed E-state index contributed by atoms with van der Waals surface area (Å²) in [7, 11) is 0. The van der Waals surface area contributed by atoms with Crippen LogP contribution in [0.2, 0.25) is 0 Å². The molecule has 8 heteroatoms. The van der Waals surface area contributed by atoms with E-state index in [9.17, 15) is 4.79 Å². The Morgan fingerprint density at radius 2 is 1.91 bits per heavy atom. The summed E-state index contributed by atoms with van der Waals surface area (Å²) < 4.78 is 12.7. The first-order chi connectivity index (χ1) is 15.3. The number of ether oxygens (including phenoxy) is 2. The van der Waals surface area contributed by atoms with E-state index < -0.39 is 11.6 Å². The van der Waals surface area contributed by atoms with E-state index in [0.29, 0.717) is 31.1 Å². The minimum Gasteiger partial charge on any atom is -0.494 e. The molecule has 1 amide bonds. The van der Waals surface area contributed by atoms with Crippen molar-refractivity contribution < 1.29 is 19.4 Å². The van der Waals surface area contributed by atoms with Crippen molar-refractivity contribution in [3.63, 3.8) is 0 Å². The molecule has 0 saturated heterocycles. The first-order valence-corrected chi connectivity index (χ1v) is 11.5. The SMILES string of the molecule is CC(C)NNC(=O)[C@@]1(Cc2ccc(Br)cc2)N=C(c2ccc(OCCCO)cc2)O[C@H]1C. The Morgan fingerprint density at radius 3 is 2.53 bits per heavy atom. The van der Waals surface area contributed by atoms with Crippen molar-refractivity contribution in [1.82, 2.24) is 10.9 Å². The minimum atomic E-state index is -1.11. The number of carbonyl (C=O) groups excluding carboxylic acids is 1. The Balaban J connectivity index is 1.88. The molecule has 0 saturated carbocycles. The van der Waals surface area contributed by atoms with Gasteiger partial charge in [0.2, 0.25) is 5.90 Å². The molecule has 3 N–H and O–H groups in total. The molecule has 2 atom stereocenters. The van der Waals surface area contributed by atoms with Crippen molar-refractivity contribution in [1.29, 1.82) is 0 Å². The second-order valence-electron chi connectivity index (χ2n) is 8.11. The second kappa shape index (κ2) is 10.9. The van der Waals surface area contributed by atoms with Crippen molar-refractivity contribution in [3.8, 4) is 5.75 Å². The van der Waals surface area contributed by atoms with Gasteiger partial charge in [-0.25, -0.2) is 10.4 Å². The van der Waals surface area contributed by atoms with Gasteiger partial charge in [-0.3, -0.25) is 10.2 Å². The number of amides is 1. The molecule has 1 heterocycles. The molecule has 3 rings (SSSR count). The largest absolute Gasteiger partial charge is 0.494 e. The molecule has 2 aromatic rings. The summed E-state index contributed by atoms with van der Waals surface area (Å²) in [5.41, 5.74) is 6.44. The summed E-state index contributed by atoms with van der Waals surface area (Å²) in [6.45, 7) is 6.32. The number of nitrogens with zero attached hydrogens (tertiary/aromatic N) is 1. The number of aliphatic hydroxyl groups excluding tert-OH is 1. The molecule has 1 aliphatic heterocycles. The number of hydrazine groups is 1. The fourth-order valence-electron chi connectivity index (χ4n) is 3.37. The van der Waals surface area contributed by atoms with Crippen LogP contribution in [0.5, 0.6) is 5.75 Å². The van der Waals surface area contributed by atoms with Crippen molar-refractivity contribution in [2.75, 3.05) is 13.2 Å². The first-order valence-electron chi connectivity index (χ1n) is 10.7. The van der Waals surface area contributed by atoms with Crippen molar-refractivity contribution in [2.45, 2.75) is 51.3 Å². The highest BCUT2D eigenvalue weighted by molar-refractivity contribution is 9.10. The molecule has 0 aromatic heterocycles.